The third-order valence-electron chi connectivity index (χ3n) is 5.99. The monoisotopic (exact) mass is 416 g/mol. The fourth-order valence-electron chi connectivity index (χ4n) is 4.46. The lowest BCUT2D eigenvalue weighted by Crippen LogP contribution is -2.30. The van der Waals surface area contributed by atoms with E-state index in [-0.39, 0.29) is 5.75 Å². The largest absolute Gasteiger partial charge is 0.320 e. The predicted octanol–water partition coefficient (Wildman–Crippen LogP) is 4.12. The van der Waals surface area contributed by atoms with Crippen molar-refractivity contribution >= 4 is 48.9 Å². The summed E-state index contributed by atoms with van der Waals surface area (Å²) in [5.41, 5.74) is 3.90. The van der Waals surface area contributed by atoms with E-state index < -0.39 is 10.0 Å². The van der Waals surface area contributed by atoms with Gasteiger partial charge in [0, 0.05) is 29.7 Å². The van der Waals surface area contributed by atoms with Crippen LogP contribution < -0.4 is 9.21 Å². The Morgan fingerprint density at radius 2 is 1.83 bits per heavy atom. The predicted molar refractivity (Wildman–Crippen MR) is 121 cm³/mol. The molecule has 1 fully saturated rings. The number of fused-ring (bicyclic) bond motifs is 2. The highest BCUT2D eigenvalue weighted by Gasteiger charge is 2.30. The van der Waals surface area contributed by atoms with Crippen molar-refractivity contribution in [1.29, 1.82) is 0 Å². The molecule has 0 atom stereocenters. The molecule has 4 aromatic rings. The van der Waals surface area contributed by atoms with Crippen LogP contribution in [0.1, 0.15) is 12.0 Å². The molecular formula is C23H20N4O2S. The number of nitrogens with zero attached hydrogens (tertiary/aromatic N) is 3. The number of benzene rings is 3. The Morgan fingerprint density at radius 3 is 2.63 bits per heavy atom. The number of sulfonamides is 1. The number of H-pyrrole nitrogens is 1. The Hall–Kier alpha value is -3.32. The lowest BCUT2D eigenvalue weighted by Gasteiger charge is -2.33. The highest BCUT2D eigenvalue weighted by atomic mass is 32.2. The second-order valence-electron chi connectivity index (χ2n) is 7.75. The van der Waals surface area contributed by atoms with Gasteiger partial charge >= 0.3 is 0 Å². The molecular weight excluding hydrogens is 396 g/mol. The molecule has 1 N–H and O–H groups in total. The molecule has 3 aromatic carbocycles. The highest BCUT2D eigenvalue weighted by molar-refractivity contribution is 7.93. The number of hydrogen-bond donors (Lipinski definition) is 1. The van der Waals surface area contributed by atoms with Gasteiger partial charge in [-0.05, 0) is 41.5 Å². The number of anilines is 2. The van der Waals surface area contributed by atoms with Crippen molar-refractivity contribution < 1.29 is 8.42 Å². The molecule has 1 aromatic heterocycles. The zero-order chi connectivity index (χ0) is 20.3. The van der Waals surface area contributed by atoms with Gasteiger partial charge in [0.15, 0.2) is 5.82 Å². The normalized spacial score (nSPS) is 18.1. The second-order valence-corrected chi connectivity index (χ2v) is 9.76. The van der Waals surface area contributed by atoms with Crippen molar-refractivity contribution in [3.8, 4) is 0 Å². The van der Waals surface area contributed by atoms with Gasteiger partial charge in [0.1, 0.15) is 0 Å². The molecule has 0 unspecified atom stereocenters. The van der Waals surface area contributed by atoms with Crippen LogP contribution in [-0.4, -0.2) is 37.5 Å². The van der Waals surface area contributed by atoms with Crippen molar-refractivity contribution in [3.63, 3.8) is 0 Å². The first kappa shape index (κ1) is 17.5. The summed E-state index contributed by atoms with van der Waals surface area (Å²) in [4.78, 5) is 2.18. The number of rotatable bonds is 3. The second kappa shape index (κ2) is 6.34. The summed E-state index contributed by atoms with van der Waals surface area (Å²) in [5, 5.41) is 11.0. The van der Waals surface area contributed by atoms with Crippen LogP contribution >= 0.6 is 0 Å². The molecule has 6 rings (SSSR count). The third kappa shape index (κ3) is 2.55. The molecule has 30 heavy (non-hydrogen) atoms. The quantitative estimate of drug-likeness (QED) is 0.546. The van der Waals surface area contributed by atoms with Crippen LogP contribution in [0.3, 0.4) is 0 Å². The summed E-state index contributed by atoms with van der Waals surface area (Å²) in [6.07, 6.45) is 2.87. The lowest BCUT2D eigenvalue weighted by atomic mass is 9.98. The molecule has 2 aliphatic rings. The Labute approximate surface area is 174 Å². The lowest BCUT2D eigenvalue weighted by molar-refractivity contribution is 0.599. The van der Waals surface area contributed by atoms with Crippen LogP contribution in [0.2, 0.25) is 0 Å². The fourth-order valence-corrected chi connectivity index (χ4v) is 6.01. The molecule has 1 saturated heterocycles. The van der Waals surface area contributed by atoms with E-state index in [0.29, 0.717) is 18.7 Å². The zero-order valence-corrected chi connectivity index (χ0v) is 17.1. The van der Waals surface area contributed by atoms with Gasteiger partial charge < -0.3 is 4.90 Å². The minimum Gasteiger partial charge on any atom is -0.320 e. The third-order valence-corrected chi connectivity index (χ3v) is 7.86. The summed E-state index contributed by atoms with van der Waals surface area (Å²) in [5.74, 6) is 1.04. The summed E-state index contributed by atoms with van der Waals surface area (Å²) in [6, 6.07) is 20.4. The molecule has 0 aliphatic carbocycles. The first-order chi connectivity index (χ1) is 14.6. The van der Waals surface area contributed by atoms with Crippen molar-refractivity contribution in [3.05, 3.63) is 72.3 Å². The average Bonchev–Trinajstić information content (AvgIpc) is 3.30. The molecule has 0 saturated carbocycles. The molecule has 0 spiro atoms. The topological polar surface area (TPSA) is 69.3 Å². The maximum absolute atomic E-state index is 12.4. The van der Waals surface area contributed by atoms with Gasteiger partial charge in [-0.2, -0.15) is 5.10 Å². The molecule has 0 bridgehead atoms. The summed E-state index contributed by atoms with van der Waals surface area (Å²) in [6.45, 7) is 1.30. The molecule has 2 aliphatic heterocycles. The number of aromatic amines is 1. The highest BCUT2D eigenvalue weighted by Crippen LogP contribution is 2.39. The van der Waals surface area contributed by atoms with Gasteiger partial charge in [-0.25, -0.2) is 8.42 Å². The maximum Gasteiger partial charge on any atom is 0.235 e. The van der Waals surface area contributed by atoms with Crippen molar-refractivity contribution in [2.75, 3.05) is 28.0 Å². The smallest absolute Gasteiger partial charge is 0.235 e. The van der Waals surface area contributed by atoms with E-state index in [1.807, 2.05) is 24.3 Å². The van der Waals surface area contributed by atoms with Crippen molar-refractivity contribution in [1.82, 2.24) is 10.2 Å². The van der Waals surface area contributed by atoms with Gasteiger partial charge in [-0.15, -0.1) is 0 Å². The average molecular weight is 417 g/mol. The summed E-state index contributed by atoms with van der Waals surface area (Å²) in [7, 11) is -3.22. The van der Waals surface area contributed by atoms with Crippen LogP contribution in [-0.2, 0) is 10.0 Å². The van der Waals surface area contributed by atoms with E-state index in [4.69, 9.17) is 0 Å². The Balaban J connectivity index is 1.43. The van der Waals surface area contributed by atoms with Gasteiger partial charge in [0.05, 0.1) is 17.0 Å². The molecule has 3 heterocycles. The van der Waals surface area contributed by atoms with Crippen molar-refractivity contribution in [2.45, 2.75) is 6.42 Å². The Kier molecular flexibility index (Phi) is 3.70. The zero-order valence-electron chi connectivity index (χ0n) is 16.2. The summed E-state index contributed by atoms with van der Waals surface area (Å²) >= 11 is 0. The fraction of sp³-hybridized carbons (Fsp3) is 0.174. The van der Waals surface area contributed by atoms with Crippen LogP contribution in [0.5, 0.6) is 0 Å². The molecule has 0 radical (unpaired) electrons. The van der Waals surface area contributed by atoms with E-state index in [0.717, 1.165) is 29.0 Å². The van der Waals surface area contributed by atoms with Crippen LogP contribution in [0.25, 0.3) is 27.4 Å². The number of hydrogen-bond acceptors (Lipinski definition) is 4. The van der Waals surface area contributed by atoms with Gasteiger partial charge in [0.2, 0.25) is 10.0 Å². The van der Waals surface area contributed by atoms with E-state index in [1.165, 1.54) is 20.6 Å². The van der Waals surface area contributed by atoms with E-state index in [9.17, 15) is 8.42 Å². The SMILES string of the molecule is O=S1(=O)CCCN1c1ccc2[nH]nc(N3CC=C3c3cccc4ccccc34)c2c1. The van der Waals surface area contributed by atoms with E-state index in [1.54, 1.807) is 0 Å². The number of aromatic nitrogens is 2. The maximum atomic E-state index is 12.4. The van der Waals surface area contributed by atoms with Gasteiger partial charge in [-0.1, -0.05) is 42.5 Å². The van der Waals surface area contributed by atoms with E-state index in [2.05, 4.69) is 57.6 Å². The minimum atomic E-state index is -3.22. The summed E-state index contributed by atoms with van der Waals surface area (Å²) < 4.78 is 26.2. The molecule has 6 nitrogen and oxygen atoms in total. The molecule has 150 valence electrons. The van der Waals surface area contributed by atoms with Crippen LogP contribution in [0, 0.1) is 0 Å². The Morgan fingerprint density at radius 1 is 0.967 bits per heavy atom. The van der Waals surface area contributed by atoms with Gasteiger partial charge in [-0.3, -0.25) is 9.40 Å². The van der Waals surface area contributed by atoms with Gasteiger partial charge in [0.25, 0.3) is 0 Å². The first-order valence-corrected chi connectivity index (χ1v) is 11.7. The minimum absolute atomic E-state index is 0.212. The van der Waals surface area contributed by atoms with Crippen LogP contribution in [0.15, 0.2) is 66.7 Å². The molecule has 7 heteroatoms. The first-order valence-electron chi connectivity index (χ1n) is 10.1. The van der Waals surface area contributed by atoms with Crippen molar-refractivity contribution in [2.24, 2.45) is 0 Å². The van der Waals surface area contributed by atoms with E-state index >= 15 is 0 Å². The standard InChI is InChI=1S/C23H20N4O2S/c28-30(29)14-4-12-27(30)17-9-10-21-20(15-17)23(25-24-21)26-13-11-22(26)19-8-3-6-16-5-1-2-7-18(16)19/h1-3,5-11,15H,4,12-14H2,(H,24,25). The molecule has 0 amide bonds. The van der Waals surface area contributed by atoms with Crippen LogP contribution in [0.4, 0.5) is 11.5 Å². The Bertz CT molecular complexity index is 1430. The number of nitrogens with one attached hydrogen (secondary N) is 1.